The van der Waals surface area contributed by atoms with Gasteiger partial charge in [-0.3, -0.25) is 4.90 Å². The van der Waals surface area contributed by atoms with E-state index in [1.807, 2.05) is 43.3 Å². The Labute approximate surface area is 186 Å². The zero-order valence-corrected chi connectivity index (χ0v) is 19.1. The van der Waals surface area contributed by atoms with Crippen LogP contribution in [-0.4, -0.2) is 46.2 Å². The van der Waals surface area contributed by atoms with E-state index in [0.717, 1.165) is 43.5 Å². The van der Waals surface area contributed by atoms with E-state index in [1.165, 1.54) is 17.5 Å². The third-order valence-electron chi connectivity index (χ3n) is 5.95. The van der Waals surface area contributed by atoms with Crippen LogP contribution in [0.5, 0.6) is 0 Å². The topological polar surface area (TPSA) is 58.6 Å². The molecule has 1 unspecified atom stereocenters. The lowest BCUT2D eigenvalue weighted by atomic mass is 9.92. The molecule has 0 radical (unpaired) electrons. The van der Waals surface area contributed by atoms with Gasteiger partial charge in [-0.2, -0.15) is 0 Å². The molecule has 1 N–H and O–H groups in total. The van der Waals surface area contributed by atoms with Gasteiger partial charge in [-0.05, 0) is 61.4 Å². The lowest BCUT2D eigenvalue weighted by molar-refractivity contribution is 0.0345. The van der Waals surface area contributed by atoms with E-state index in [2.05, 4.69) is 9.62 Å². The molecular weight excluding hydrogens is 420 g/mol. The van der Waals surface area contributed by atoms with E-state index >= 15 is 0 Å². The van der Waals surface area contributed by atoms with Crippen molar-refractivity contribution in [1.82, 2.24) is 9.62 Å². The first kappa shape index (κ1) is 23.2. The maximum atomic E-state index is 13.3. The van der Waals surface area contributed by atoms with Crippen molar-refractivity contribution < 1.29 is 13.2 Å². The quantitative estimate of drug-likeness (QED) is 0.729. The fraction of sp³-hybridized carbons (Fsp3) is 0.478. The number of sulfonamides is 1. The third kappa shape index (κ3) is 5.62. The van der Waals surface area contributed by atoms with E-state index in [0.29, 0.717) is 24.7 Å². The van der Waals surface area contributed by atoms with Gasteiger partial charge in [0.1, 0.15) is 0 Å². The van der Waals surface area contributed by atoms with Crippen molar-refractivity contribution in [1.29, 1.82) is 0 Å². The molecule has 4 rings (SSSR count). The van der Waals surface area contributed by atoms with E-state index in [1.54, 1.807) is 6.07 Å². The van der Waals surface area contributed by atoms with Gasteiger partial charge in [0.25, 0.3) is 0 Å². The first-order valence-electron chi connectivity index (χ1n) is 10.5. The monoisotopic (exact) mass is 450 g/mol. The minimum Gasteiger partial charge on any atom is -0.379 e. The van der Waals surface area contributed by atoms with Crippen LogP contribution in [-0.2, 0) is 27.6 Å². The molecule has 7 heteroatoms. The van der Waals surface area contributed by atoms with Crippen molar-refractivity contribution >= 4 is 22.4 Å². The Hall–Kier alpha value is -1.44. The first-order valence-corrected chi connectivity index (χ1v) is 12.0. The minimum atomic E-state index is -3.61. The fourth-order valence-corrected chi connectivity index (χ4v) is 5.45. The Morgan fingerprint density at radius 2 is 1.67 bits per heavy atom. The summed E-state index contributed by atoms with van der Waals surface area (Å²) in [7, 11) is -3.61. The minimum absolute atomic E-state index is 0. The van der Waals surface area contributed by atoms with Crippen molar-refractivity contribution in [2.45, 2.75) is 43.5 Å². The largest absolute Gasteiger partial charge is 0.379 e. The number of rotatable bonds is 6. The molecule has 1 fully saturated rings. The summed E-state index contributed by atoms with van der Waals surface area (Å²) < 4.78 is 34.9. The molecule has 0 amide bonds. The van der Waals surface area contributed by atoms with Crippen LogP contribution < -0.4 is 4.72 Å². The number of hydrogen-bond donors (Lipinski definition) is 1. The Kier molecular flexibility index (Phi) is 7.93. The molecule has 30 heavy (non-hydrogen) atoms. The molecule has 2 aliphatic rings. The Bertz CT molecular complexity index is 941. The number of halogens is 1. The van der Waals surface area contributed by atoms with Crippen LogP contribution in [0.15, 0.2) is 47.4 Å². The predicted molar refractivity (Wildman–Crippen MR) is 122 cm³/mol. The molecule has 164 valence electrons. The molecule has 2 aromatic carbocycles. The average molecular weight is 451 g/mol. The highest BCUT2D eigenvalue weighted by Crippen LogP contribution is 2.25. The number of fused-ring (bicyclic) bond motifs is 1. The van der Waals surface area contributed by atoms with Gasteiger partial charge in [0, 0.05) is 19.6 Å². The van der Waals surface area contributed by atoms with Gasteiger partial charge >= 0.3 is 0 Å². The number of hydrogen-bond acceptors (Lipinski definition) is 4. The van der Waals surface area contributed by atoms with Crippen molar-refractivity contribution in [3.63, 3.8) is 0 Å². The normalized spacial score (nSPS) is 18.3. The van der Waals surface area contributed by atoms with E-state index < -0.39 is 10.0 Å². The zero-order chi connectivity index (χ0) is 20.3. The van der Waals surface area contributed by atoms with Crippen molar-refractivity contribution in [2.24, 2.45) is 0 Å². The lowest BCUT2D eigenvalue weighted by Gasteiger charge is -2.31. The summed E-state index contributed by atoms with van der Waals surface area (Å²) in [6.45, 7) is 5.71. The number of benzene rings is 2. The van der Waals surface area contributed by atoms with Crippen LogP contribution in [0.4, 0.5) is 0 Å². The molecule has 1 saturated heterocycles. The second kappa shape index (κ2) is 10.2. The van der Waals surface area contributed by atoms with Crippen LogP contribution in [0.25, 0.3) is 0 Å². The summed E-state index contributed by atoms with van der Waals surface area (Å²) in [5.41, 5.74) is 4.62. The van der Waals surface area contributed by atoms with E-state index in [4.69, 9.17) is 4.74 Å². The zero-order valence-electron chi connectivity index (χ0n) is 17.5. The van der Waals surface area contributed by atoms with E-state index in [-0.39, 0.29) is 18.4 Å². The summed E-state index contributed by atoms with van der Waals surface area (Å²) in [4.78, 5) is 2.64. The van der Waals surface area contributed by atoms with Gasteiger partial charge in [-0.25, -0.2) is 13.1 Å². The Balaban J connectivity index is 0.00000256. The van der Waals surface area contributed by atoms with Gasteiger partial charge in [-0.15, -0.1) is 12.4 Å². The van der Waals surface area contributed by atoms with Gasteiger partial charge in [0.15, 0.2) is 0 Å². The highest BCUT2D eigenvalue weighted by molar-refractivity contribution is 7.89. The smallest absolute Gasteiger partial charge is 0.241 e. The Morgan fingerprint density at radius 1 is 1.00 bits per heavy atom. The highest BCUT2D eigenvalue weighted by atomic mass is 35.5. The maximum Gasteiger partial charge on any atom is 0.241 e. The summed E-state index contributed by atoms with van der Waals surface area (Å²) >= 11 is 0. The predicted octanol–water partition coefficient (Wildman–Crippen LogP) is 3.65. The molecule has 1 heterocycles. The summed E-state index contributed by atoms with van der Waals surface area (Å²) in [5.74, 6) is 0. The number of nitrogens with zero attached hydrogens (tertiary/aromatic N) is 1. The molecule has 0 saturated carbocycles. The molecule has 1 atom stereocenters. The van der Waals surface area contributed by atoms with Crippen LogP contribution in [0.1, 0.15) is 41.1 Å². The average Bonchev–Trinajstić information content (AvgIpc) is 2.74. The van der Waals surface area contributed by atoms with Crippen LogP contribution in [0, 0.1) is 6.92 Å². The second-order valence-electron chi connectivity index (χ2n) is 8.14. The lowest BCUT2D eigenvalue weighted by Crippen LogP contribution is -2.43. The Morgan fingerprint density at radius 3 is 2.37 bits per heavy atom. The summed E-state index contributed by atoms with van der Waals surface area (Å²) in [5, 5.41) is 0. The molecule has 2 aromatic rings. The SMILES string of the molecule is Cc1ccc(C(CN2CCOCC2)NS(=O)(=O)c2ccc3c(c2)CCCC3)cc1.Cl. The number of aryl methyl sites for hydroxylation is 3. The molecule has 0 bridgehead atoms. The maximum absolute atomic E-state index is 13.3. The van der Waals surface area contributed by atoms with Gasteiger partial charge < -0.3 is 4.74 Å². The summed E-state index contributed by atoms with van der Waals surface area (Å²) in [6.07, 6.45) is 4.33. The number of ether oxygens (including phenoxy) is 1. The molecular formula is C23H31ClN2O3S. The van der Waals surface area contributed by atoms with Gasteiger partial charge in [0.05, 0.1) is 24.2 Å². The van der Waals surface area contributed by atoms with Crippen molar-refractivity contribution in [2.75, 3.05) is 32.8 Å². The second-order valence-corrected chi connectivity index (χ2v) is 9.85. The summed E-state index contributed by atoms with van der Waals surface area (Å²) in [6, 6.07) is 13.4. The van der Waals surface area contributed by atoms with Crippen LogP contribution >= 0.6 is 12.4 Å². The number of nitrogens with one attached hydrogen (secondary N) is 1. The van der Waals surface area contributed by atoms with Gasteiger partial charge in [-0.1, -0.05) is 35.9 Å². The number of morpholine rings is 1. The molecule has 0 spiro atoms. The first-order chi connectivity index (χ1) is 14.0. The highest BCUT2D eigenvalue weighted by Gasteiger charge is 2.25. The molecule has 0 aromatic heterocycles. The van der Waals surface area contributed by atoms with Crippen LogP contribution in [0.2, 0.25) is 0 Å². The van der Waals surface area contributed by atoms with E-state index in [9.17, 15) is 8.42 Å². The third-order valence-corrected chi connectivity index (χ3v) is 7.42. The standard InChI is InChI=1S/C23H30N2O3S.ClH/c1-18-6-8-20(9-7-18)23(17-25-12-14-28-15-13-25)24-29(26,27)22-11-10-19-4-2-3-5-21(19)16-22;/h6-11,16,23-24H,2-5,12-15,17H2,1H3;1H. The van der Waals surface area contributed by atoms with Crippen molar-refractivity contribution in [3.8, 4) is 0 Å². The molecule has 1 aliphatic heterocycles. The fourth-order valence-electron chi connectivity index (χ4n) is 4.18. The molecule has 5 nitrogen and oxygen atoms in total. The molecule has 1 aliphatic carbocycles. The van der Waals surface area contributed by atoms with Crippen LogP contribution in [0.3, 0.4) is 0 Å². The van der Waals surface area contributed by atoms with Gasteiger partial charge in [0.2, 0.25) is 10.0 Å². The van der Waals surface area contributed by atoms with Crippen molar-refractivity contribution in [3.05, 3.63) is 64.7 Å².